The summed E-state index contributed by atoms with van der Waals surface area (Å²) in [5, 5.41) is 2.96. The Balaban J connectivity index is 1.96. The molecular formula is C21H26N2O3. The summed E-state index contributed by atoms with van der Waals surface area (Å²) in [6, 6.07) is 9.31. The van der Waals surface area contributed by atoms with Gasteiger partial charge in [-0.1, -0.05) is 26.0 Å². The quantitative estimate of drug-likeness (QED) is 0.884. The smallest absolute Gasteiger partial charge is 0.261 e. The molecule has 5 nitrogen and oxygen atoms in total. The van der Waals surface area contributed by atoms with E-state index in [0.717, 1.165) is 24.2 Å². The Kier molecular flexibility index (Phi) is 5.45. The zero-order chi connectivity index (χ0) is 18.7. The Hall–Kier alpha value is -2.56. The van der Waals surface area contributed by atoms with Crippen molar-refractivity contribution in [3.63, 3.8) is 0 Å². The number of anilines is 1. The number of carbonyl (C=O) groups excluding carboxylic acids is 1. The minimum Gasteiger partial charge on any atom is -0.493 e. The summed E-state index contributed by atoms with van der Waals surface area (Å²) in [6.45, 7) is 7.19. The molecule has 0 radical (unpaired) electrons. The van der Waals surface area contributed by atoms with Gasteiger partial charge in [-0.05, 0) is 49.8 Å². The molecule has 3 rings (SSSR count). The number of pyridine rings is 1. The van der Waals surface area contributed by atoms with Crippen LogP contribution in [-0.4, -0.2) is 17.1 Å². The zero-order valence-electron chi connectivity index (χ0n) is 15.7. The van der Waals surface area contributed by atoms with Crippen molar-refractivity contribution in [3.05, 3.63) is 57.5 Å². The van der Waals surface area contributed by atoms with Gasteiger partial charge in [0.2, 0.25) is 0 Å². The van der Waals surface area contributed by atoms with E-state index in [1.165, 1.54) is 11.6 Å². The molecule has 0 unspecified atom stereocenters. The van der Waals surface area contributed by atoms with Gasteiger partial charge in [0.1, 0.15) is 11.3 Å². The minimum atomic E-state index is -0.226. The van der Waals surface area contributed by atoms with E-state index in [0.29, 0.717) is 36.8 Å². The van der Waals surface area contributed by atoms with E-state index in [1.807, 2.05) is 31.2 Å². The van der Waals surface area contributed by atoms with Crippen molar-refractivity contribution in [3.8, 4) is 5.75 Å². The molecule has 138 valence electrons. The zero-order valence-corrected chi connectivity index (χ0v) is 15.7. The Morgan fingerprint density at radius 1 is 1.23 bits per heavy atom. The highest BCUT2D eigenvalue weighted by atomic mass is 16.5. The van der Waals surface area contributed by atoms with E-state index in [-0.39, 0.29) is 11.5 Å². The van der Waals surface area contributed by atoms with Crippen molar-refractivity contribution < 1.29 is 9.53 Å². The molecule has 0 aliphatic carbocycles. The van der Waals surface area contributed by atoms with Crippen LogP contribution in [0.5, 0.6) is 5.75 Å². The van der Waals surface area contributed by atoms with Gasteiger partial charge in [-0.2, -0.15) is 0 Å². The van der Waals surface area contributed by atoms with E-state index in [2.05, 4.69) is 19.2 Å². The Morgan fingerprint density at radius 3 is 2.62 bits per heavy atom. The maximum atomic E-state index is 13.0. The second kappa shape index (κ2) is 7.77. The Morgan fingerprint density at radius 2 is 1.96 bits per heavy atom. The number of nitrogens with zero attached hydrogens (tertiary/aromatic N) is 1. The van der Waals surface area contributed by atoms with Gasteiger partial charge in [-0.25, -0.2) is 0 Å². The van der Waals surface area contributed by atoms with E-state index in [1.54, 1.807) is 4.57 Å². The third kappa shape index (κ3) is 3.66. The van der Waals surface area contributed by atoms with Gasteiger partial charge in [-0.15, -0.1) is 0 Å². The Labute approximate surface area is 154 Å². The second-order valence-electron chi connectivity index (χ2n) is 6.94. The van der Waals surface area contributed by atoms with Crippen LogP contribution < -0.4 is 15.6 Å². The fourth-order valence-electron chi connectivity index (χ4n) is 3.40. The predicted octanol–water partition coefficient (Wildman–Crippen LogP) is 3.96. The molecule has 0 saturated heterocycles. The van der Waals surface area contributed by atoms with Crippen LogP contribution in [0, 0.1) is 0 Å². The molecule has 1 aromatic carbocycles. The number of carbonyl (C=O) groups is 1. The highest BCUT2D eigenvalue weighted by Crippen LogP contribution is 2.26. The predicted molar refractivity (Wildman–Crippen MR) is 103 cm³/mol. The number of benzene rings is 1. The van der Waals surface area contributed by atoms with Gasteiger partial charge in [0.15, 0.2) is 0 Å². The first-order chi connectivity index (χ1) is 12.5. The van der Waals surface area contributed by atoms with E-state index in [4.69, 9.17) is 4.74 Å². The van der Waals surface area contributed by atoms with E-state index < -0.39 is 0 Å². The maximum Gasteiger partial charge on any atom is 0.261 e. The summed E-state index contributed by atoms with van der Waals surface area (Å²) in [5.41, 5.74) is 3.13. The monoisotopic (exact) mass is 354 g/mol. The number of fused-ring (bicyclic) bond motifs is 1. The molecule has 0 spiro atoms. The number of aromatic nitrogens is 1. The molecule has 1 aliphatic rings. The van der Waals surface area contributed by atoms with Crippen molar-refractivity contribution in [2.24, 2.45) is 0 Å². The van der Waals surface area contributed by atoms with Crippen LogP contribution in [0.25, 0.3) is 0 Å². The number of rotatable bonds is 5. The van der Waals surface area contributed by atoms with E-state index in [9.17, 15) is 9.59 Å². The number of hydrogen-bond acceptors (Lipinski definition) is 3. The minimum absolute atomic E-state index is 0.0963. The average molecular weight is 354 g/mol. The normalized spacial score (nSPS) is 13.4. The topological polar surface area (TPSA) is 60.3 Å². The highest BCUT2D eigenvalue weighted by molar-refractivity contribution is 6.07. The third-order valence-corrected chi connectivity index (χ3v) is 4.79. The lowest BCUT2D eigenvalue weighted by Gasteiger charge is -2.23. The molecular weight excluding hydrogens is 328 g/mol. The Bertz CT molecular complexity index is 851. The molecule has 1 aliphatic heterocycles. The van der Waals surface area contributed by atoms with Crippen molar-refractivity contribution >= 4 is 11.6 Å². The lowest BCUT2D eigenvalue weighted by molar-refractivity contribution is 0.102. The van der Waals surface area contributed by atoms with Crippen LogP contribution in [0.1, 0.15) is 61.1 Å². The number of ether oxygens (including phenoxy) is 1. The molecule has 1 aromatic heterocycles. The maximum absolute atomic E-state index is 13.0. The SMILES string of the molecule is CCOc1cc(=O)n2c(c1C(=O)Nc1ccc(C(C)C)cc1)CCCC2. The first-order valence-corrected chi connectivity index (χ1v) is 9.32. The summed E-state index contributed by atoms with van der Waals surface area (Å²) in [7, 11) is 0. The average Bonchev–Trinajstić information content (AvgIpc) is 2.62. The van der Waals surface area contributed by atoms with Gasteiger partial charge < -0.3 is 14.6 Å². The van der Waals surface area contributed by atoms with E-state index >= 15 is 0 Å². The molecule has 1 N–H and O–H groups in total. The van der Waals surface area contributed by atoms with Gasteiger partial charge in [0.25, 0.3) is 11.5 Å². The van der Waals surface area contributed by atoms with Crippen LogP contribution >= 0.6 is 0 Å². The van der Waals surface area contributed by atoms with Crippen LogP contribution in [0.15, 0.2) is 35.1 Å². The molecule has 0 atom stereocenters. The fraction of sp³-hybridized carbons (Fsp3) is 0.429. The number of nitrogens with one attached hydrogen (secondary N) is 1. The first kappa shape index (κ1) is 18.2. The van der Waals surface area contributed by atoms with Gasteiger partial charge >= 0.3 is 0 Å². The van der Waals surface area contributed by atoms with Crippen LogP contribution in [0.2, 0.25) is 0 Å². The standard InChI is InChI=1S/C21H26N2O3/c1-4-26-18-13-19(24)23-12-6-5-7-17(23)20(18)21(25)22-16-10-8-15(9-11-16)14(2)3/h8-11,13-14H,4-7,12H2,1-3H3,(H,22,25). The first-order valence-electron chi connectivity index (χ1n) is 9.32. The molecule has 1 amide bonds. The lowest BCUT2D eigenvalue weighted by atomic mass is 10.0. The molecule has 2 heterocycles. The van der Waals surface area contributed by atoms with Crippen molar-refractivity contribution in [2.45, 2.75) is 52.5 Å². The summed E-state index contributed by atoms with van der Waals surface area (Å²) in [6.07, 6.45) is 2.64. The molecule has 26 heavy (non-hydrogen) atoms. The molecule has 2 aromatic rings. The third-order valence-electron chi connectivity index (χ3n) is 4.79. The van der Waals surface area contributed by atoms with Crippen molar-refractivity contribution in [2.75, 3.05) is 11.9 Å². The van der Waals surface area contributed by atoms with Crippen molar-refractivity contribution in [1.29, 1.82) is 0 Å². The second-order valence-corrected chi connectivity index (χ2v) is 6.94. The summed E-state index contributed by atoms with van der Waals surface area (Å²) >= 11 is 0. The number of amides is 1. The fourth-order valence-corrected chi connectivity index (χ4v) is 3.40. The van der Waals surface area contributed by atoms with Gasteiger partial charge in [0.05, 0.1) is 6.61 Å². The summed E-state index contributed by atoms with van der Waals surface area (Å²) < 4.78 is 7.33. The molecule has 0 fully saturated rings. The number of hydrogen-bond donors (Lipinski definition) is 1. The van der Waals surface area contributed by atoms with Crippen molar-refractivity contribution in [1.82, 2.24) is 4.57 Å². The van der Waals surface area contributed by atoms with Crippen LogP contribution in [-0.2, 0) is 13.0 Å². The van der Waals surface area contributed by atoms with Crippen LogP contribution in [0.4, 0.5) is 5.69 Å². The van der Waals surface area contributed by atoms with Gasteiger partial charge in [0, 0.05) is 24.0 Å². The molecule has 0 saturated carbocycles. The lowest BCUT2D eigenvalue weighted by Crippen LogP contribution is -2.31. The summed E-state index contributed by atoms with van der Waals surface area (Å²) in [4.78, 5) is 25.4. The highest BCUT2D eigenvalue weighted by Gasteiger charge is 2.24. The molecule has 0 bridgehead atoms. The largest absolute Gasteiger partial charge is 0.493 e. The van der Waals surface area contributed by atoms with Crippen LogP contribution in [0.3, 0.4) is 0 Å². The molecule has 5 heteroatoms. The summed E-state index contributed by atoms with van der Waals surface area (Å²) in [5.74, 6) is 0.593. The van der Waals surface area contributed by atoms with Gasteiger partial charge in [-0.3, -0.25) is 9.59 Å².